The highest BCUT2D eigenvalue weighted by molar-refractivity contribution is 5.57. The van der Waals surface area contributed by atoms with Crippen LogP contribution in [0.25, 0.3) is 0 Å². The first-order valence-corrected chi connectivity index (χ1v) is 11.6. The van der Waals surface area contributed by atoms with Crippen molar-refractivity contribution in [2.24, 2.45) is 0 Å². The third-order valence-corrected chi connectivity index (χ3v) is 5.57. The van der Waals surface area contributed by atoms with Gasteiger partial charge in [0.2, 0.25) is 11.8 Å². The van der Waals surface area contributed by atoms with E-state index in [-0.39, 0.29) is 12.5 Å². The molecule has 4 rings (SSSR count). The summed E-state index contributed by atoms with van der Waals surface area (Å²) < 4.78 is 8.46. The maximum Gasteiger partial charge on any atom is 0.354 e. The molecule has 0 fully saturated rings. The van der Waals surface area contributed by atoms with E-state index in [2.05, 4.69) is 21.4 Å². The molecule has 0 amide bonds. The molecule has 4 aromatic rings. The van der Waals surface area contributed by atoms with Crippen LogP contribution in [0.4, 0.5) is 11.6 Å². The molecule has 0 radical (unpaired) electrons. The number of rotatable bonds is 8. The normalized spacial score (nSPS) is 10.6. The first-order chi connectivity index (χ1) is 17.4. The Kier molecular flexibility index (Phi) is 7.25. The summed E-state index contributed by atoms with van der Waals surface area (Å²) in [5, 5.41) is 12.2. The Bertz CT molecular complexity index is 1550. The van der Waals surface area contributed by atoms with Gasteiger partial charge in [-0.25, -0.2) is 19.1 Å². The highest BCUT2D eigenvalue weighted by Gasteiger charge is 2.14. The number of aromatic nitrogens is 4. The van der Waals surface area contributed by atoms with Gasteiger partial charge in [0.15, 0.2) is 0 Å². The van der Waals surface area contributed by atoms with Gasteiger partial charge in [-0.1, -0.05) is 36.8 Å². The molecule has 0 atom stereocenters. The molecule has 2 aromatic heterocycles. The predicted octanol–water partition coefficient (Wildman–Crippen LogP) is 4.28. The van der Waals surface area contributed by atoms with Gasteiger partial charge in [0, 0.05) is 24.5 Å². The summed E-state index contributed by atoms with van der Waals surface area (Å²) >= 11 is 0. The molecule has 0 spiro atoms. The fourth-order valence-electron chi connectivity index (χ4n) is 3.68. The molecule has 2 heterocycles. The van der Waals surface area contributed by atoms with E-state index in [4.69, 9.17) is 10.00 Å². The molecule has 182 valence electrons. The summed E-state index contributed by atoms with van der Waals surface area (Å²) in [5.41, 5.74) is 2.90. The zero-order chi connectivity index (χ0) is 25.7. The number of nitriles is 1. The van der Waals surface area contributed by atoms with Gasteiger partial charge in [-0.15, -0.1) is 0 Å². The Morgan fingerprint density at radius 3 is 2.50 bits per heavy atom. The molecule has 9 heteroatoms. The number of benzene rings is 2. The highest BCUT2D eigenvalue weighted by atomic mass is 16.5. The summed E-state index contributed by atoms with van der Waals surface area (Å²) in [6.07, 6.45) is 2.15. The fraction of sp³-hybridized carbons (Fsp3) is 0.222. The minimum absolute atomic E-state index is 0.161. The number of ether oxygens (including phenoxy) is 1. The second-order valence-electron chi connectivity index (χ2n) is 8.43. The van der Waals surface area contributed by atoms with Gasteiger partial charge in [-0.05, 0) is 55.7 Å². The zero-order valence-electron chi connectivity index (χ0n) is 20.4. The largest absolute Gasteiger partial charge is 0.439 e. The average molecular weight is 483 g/mol. The lowest BCUT2D eigenvalue weighted by atomic mass is 10.1. The van der Waals surface area contributed by atoms with E-state index < -0.39 is 11.4 Å². The van der Waals surface area contributed by atoms with Crippen molar-refractivity contribution in [1.82, 2.24) is 19.1 Å². The Morgan fingerprint density at radius 1 is 1.03 bits per heavy atom. The van der Waals surface area contributed by atoms with Crippen molar-refractivity contribution in [3.63, 3.8) is 0 Å². The Hall–Kier alpha value is -4.71. The third-order valence-electron chi connectivity index (χ3n) is 5.57. The molecule has 2 aromatic carbocycles. The molecule has 0 bridgehead atoms. The Labute approximate surface area is 208 Å². The second-order valence-corrected chi connectivity index (χ2v) is 8.43. The van der Waals surface area contributed by atoms with E-state index in [1.165, 1.54) is 10.8 Å². The molecular weight excluding hydrogens is 456 g/mol. The molecule has 1 N–H and O–H groups in total. The van der Waals surface area contributed by atoms with E-state index in [9.17, 15) is 9.59 Å². The van der Waals surface area contributed by atoms with Crippen LogP contribution in [0.5, 0.6) is 11.6 Å². The Morgan fingerprint density at radius 2 is 1.81 bits per heavy atom. The van der Waals surface area contributed by atoms with E-state index >= 15 is 0 Å². The molecule has 0 aliphatic rings. The number of anilines is 2. The highest BCUT2D eigenvalue weighted by Crippen LogP contribution is 2.27. The lowest BCUT2D eigenvalue weighted by Crippen LogP contribution is -2.42. The first-order valence-electron chi connectivity index (χ1n) is 11.6. The van der Waals surface area contributed by atoms with Crippen LogP contribution < -0.4 is 21.4 Å². The molecule has 9 nitrogen and oxygen atoms in total. The van der Waals surface area contributed by atoms with Gasteiger partial charge in [-0.3, -0.25) is 4.57 Å². The number of pyridine rings is 1. The maximum absolute atomic E-state index is 13.2. The van der Waals surface area contributed by atoms with E-state index in [1.807, 2.05) is 51.1 Å². The van der Waals surface area contributed by atoms with Crippen LogP contribution in [0.1, 0.15) is 35.6 Å². The van der Waals surface area contributed by atoms with Crippen molar-refractivity contribution >= 4 is 11.6 Å². The van der Waals surface area contributed by atoms with Gasteiger partial charge in [-0.2, -0.15) is 10.2 Å². The number of aryl methyl sites for hydroxylation is 2. The average Bonchev–Trinajstić information content (AvgIpc) is 2.87. The standard InChI is InChI=1S/C27H26N6O3/c1-4-13-32-26(34)31-25(33(27(32)35)17-20-7-5-18(2)6-8-20)30-22-9-10-23(19(3)14-22)36-24-15-21(16-28)11-12-29-24/h5-12,14-15H,4,13,17H2,1-3H3,(H,30,31,34). The fourth-order valence-corrected chi connectivity index (χ4v) is 3.68. The second kappa shape index (κ2) is 10.7. The third kappa shape index (κ3) is 5.50. The Balaban J connectivity index is 1.66. The van der Waals surface area contributed by atoms with Crippen molar-refractivity contribution < 1.29 is 4.74 Å². The topological polar surface area (TPSA) is 115 Å². The van der Waals surface area contributed by atoms with Crippen molar-refractivity contribution in [1.29, 1.82) is 5.26 Å². The van der Waals surface area contributed by atoms with Crippen LogP contribution in [0.2, 0.25) is 0 Å². The smallest absolute Gasteiger partial charge is 0.354 e. The number of nitrogens with zero attached hydrogens (tertiary/aromatic N) is 5. The van der Waals surface area contributed by atoms with Crippen LogP contribution >= 0.6 is 0 Å². The van der Waals surface area contributed by atoms with Crippen LogP contribution in [0.15, 0.2) is 70.4 Å². The van der Waals surface area contributed by atoms with Crippen LogP contribution in [-0.4, -0.2) is 19.1 Å². The monoisotopic (exact) mass is 482 g/mol. The molecule has 0 aliphatic carbocycles. The summed E-state index contributed by atoms with van der Waals surface area (Å²) in [7, 11) is 0. The summed E-state index contributed by atoms with van der Waals surface area (Å²) in [5.74, 6) is 1.03. The zero-order valence-corrected chi connectivity index (χ0v) is 20.4. The number of hydrogen-bond donors (Lipinski definition) is 1. The minimum Gasteiger partial charge on any atom is -0.439 e. The van der Waals surface area contributed by atoms with Gasteiger partial charge in [0.25, 0.3) is 0 Å². The quantitative estimate of drug-likeness (QED) is 0.398. The van der Waals surface area contributed by atoms with E-state index in [1.54, 1.807) is 24.3 Å². The predicted molar refractivity (Wildman–Crippen MR) is 137 cm³/mol. The summed E-state index contributed by atoms with van der Waals surface area (Å²) in [4.78, 5) is 34.2. The van der Waals surface area contributed by atoms with Crippen LogP contribution in [-0.2, 0) is 13.1 Å². The lowest BCUT2D eigenvalue weighted by Gasteiger charge is -2.16. The van der Waals surface area contributed by atoms with E-state index in [0.29, 0.717) is 35.8 Å². The molecule has 0 aliphatic heterocycles. The minimum atomic E-state index is -0.593. The first kappa shape index (κ1) is 24.4. The van der Waals surface area contributed by atoms with Crippen molar-refractivity contribution in [3.05, 3.63) is 104 Å². The van der Waals surface area contributed by atoms with Crippen molar-refractivity contribution in [2.45, 2.75) is 40.3 Å². The van der Waals surface area contributed by atoms with E-state index in [0.717, 1.165) is 21.3 Å². The van der Waals surface area contributed by atoms with Crippen LogP contribution in [0, 0.1) is 25.2 Å². The van der Waals surface area contributed by atoms with Crippen molar-refractivity contribution in [2.75, 3.05) is 5.32 Å². The molecule has 0 unspecified atom stereocenters. The summed E-state index contributed by atoms with van der Waals surface area (Å²) in [6.45, 7) is 6.32. The van der Waals surface area contributed by atoms with Gasteiger partial charge < -0.3 is 10.1 Å². The molecular formula is C27H26N6O3. The van der Waals surface area contributed by atoms with Crippen molar-refractivity contribution in [3.8, 4) is 17.7 Å². The van der Waals surface area contributed by atoms with Gasteiger partial charge in [0.1, 0.15) is 5.75 Å². The van der Waals surface area contributed by atoms with Gasteiger partial charge >= 0.3 is 11.4 Å². The number of hydrogen-bond acceptors (Lipinski definition) is 7. The summed E-state index contributed by atoms with van der Waals surface area (Å²) in [6, 6.07) is 18.4. The molecule has 0 saturated carbocycles. The van der Waals surface area contributed by atoms with Gasteiger partial charge in [0.05, 0.1) is 18.2 Å². The molecule has 0 saturated heterocycles. The number of nitrogens with one attached hydrogen (secondary N) is 1. The van der Waals surface area contributed by atoms with Crippen LogP contribution in [0.3, 0.4) is 0 Å². The lowest BCUT2D eigenvalue weighted by molar-refractivity contribution is 0.459. The maximum atomic E-state index is 13.2. The SMILES string of the molecule is CCCn1c(=O)nc(Nc2ccc(Oc3cc(C#N)ccn3)c(C)c2)n(Cc2ccc(C)cc2)c1=O. The molecule has 36 heavy (non-hydrogen) atoms.